The molecule has 5 heteroatoms. The Morgan fingerprint density at radius 3 is 2.78 bits per heavy atom. The van der Waals surface area contributed by atoms with Crippen LogP contribution in [0.15, 0.2) is 18.2 Å². The van der Waals surface area contributed by atoms with Crippen molar-refractivity contribution in [2.24, 2.45) is 0 Å². The first-order valence-corrected chi connectivity index (χ1v) is 5.54. The highest BCUT2D eigenvalue weighted by atomic mass is 19.1. The molecule has 1 unspecified atom stereocenters. The molecule has 1 atom stereocenters. The van der Waals surface area contributed by atoms with Crippen molar-refractivity contribution in [3.8, 4) is 6.07 Å². The van der Waals surface area contributed by atoms with Gasteiger partial charge in [-0.2, -0.15) is 5.26 Å². The van der Waals surface area contributed by atoms with Crippen molar-refractivity contribution >= 4 is 5.97 Å². The van der Waals surface area contributed by atoms with E-state index in [9.17, 15) is 9.18 Å². The smallest absolute Gasteiger partial charge is 0.338 e. The molecule has 0 spiro atoms. The average molecular weight is 250 g/mol. The molecule has 1 rings (SSSR count). The van der Waals surface area contributed by atoms with Gasteiger partial charge >= 0.3 is 5.97 Å². The summed E-state index contributed by atoms with van der Waals surface area (Å²) in [4.78, 5) is 12.6. The summed E-state index contributed by atoms with van der Waals surface area (Å²) < 4.78 is 13.4. The SMILES string of the molecule is CC(CC#N)N(C)Cc1ccc(C(=O)O)c(F)c1. The van der Waals surface area contributed by atoms with Crippen molar-refractivity contribution < 1.29 is 14.3 Å². The van der Waals surface area contributed by atoms with E-state index in [1.807, 2.05) is 18.9 Å². The maximum absolute atomic E-state index is 13.4. The van der Waals surface area contributed by atoms with E-state index in [1.54, 1.807) is 6.07 Å². The number of carboxylic acids is 1. The molecule has 0 amide bonds. The van der Waals surface area contributed by atoms with Crippen molar-refractivity contribution in [3.63, 3.8) is 0 Å². The molecular formula is C13H15FN2O2. The van der Waals surface area contributed by atoms with Gasteiger partial charge in [0.25, 0.3) is 0 Å². The van der Waals surface area contributed by atoms with Gasteiger partial charge in [-0.1, -0.05) is 6.07 Å². The lowest BCUT2D eigenvalue weighted by Crippen LogP contribution is -2.28. The van der Waals surface area contributed by atoms with E-state index in [0.29, 0.717) is 18.5 Å². The van der Waals surface area contributed by atoms with Crippen molar-refractivity contribution in [2.45, 2.75) is 25.9 Å². The molecule has 0 aliphatic carbocycles. The summed E-state index contributed by atoms with van der Waals surface area (Å²) in [6, 6.07) is 6.21. The number of nitrogens with zero attached hydrogens (tertiary/aromatic N) is 2. The number of carboxylic acid groups (broad SMARTS) is 1. The Balaban J connectivity index is 2.78. The minimum atomic E-state index is -1.27. The number of hydrogen-bond donors (Lipinski definition) is 1. The van der Waals surface area contributed by atoms with Gasteiger partial charge in [0.05, 0.1) is 18.1 Å². The number of hydrogen-bond acceptors (Lipinski definition) is 3. The zero-order chi connectivity index (χ0) is 13.7. The number of rotatable bonds is 5. The molecule has 0 aliphatic rings. The fourth-order valence-corrected chi connectivity index (χ4v) is 1.56. The standard InChI is InChI=1S/C13H15FN2O2/c1-9(5-6-15)16(2)8-10-3-4-11(13(17)18)12(14)7-10/h3-4,7,9H,5,8H2,1-2H3,(H,17,18). The highest BCUT2D eigenvalue weighted by molar-refractivity contribution is 5.87. The molecule has 0 saturated heterocycles. The molecular weight excluding hydrogens is 235 g/mol. The van der Waals surface area contributed by atoms with Crippen LogP contribution < -0.4 is 0 Å². The number of aromatic carboxylic acids is 1. The van der Waals surface area contributed by atoms with E-state index in [1.165, 1.54) is 12.1 Å². The predicted octanol–water partition coefficient (Wildman–Crippen LogP) is 2.26. The van der Waals surface area contributed by atoms with Gasteiger partial charge in [0.1, 0.15) is 5.82 Å². The second-order valence-electron chi connectivity index (χ2n) is 4.25. The van der Waals surface area contributed by atoms with Gasteiger partial charge in [-0.05, 0) is 31.7 Å². The summed E-state index contributed by atoms with van der Waals surface area (Å²) in [5.41, 5.74) is 0.358. The average Bonchev–Trinajstić information content (AvgIpc) is 2.28. The Hall–Kier alpha value is -1.93. The molecule has 0 heterocycles. The van der Waals surface area contributed by atoms with Crippen LogP contribution in [0.25, 0.3) is 0 Å². The van der Waals surface area contributed by atoms with Gasteiger partial charge in [0.15, 0.2) is 0 Å². The lowest BCUT2D eigenvalue weighted by atomic mass is 10.1. The molecule has 0 fully saturated rings. The Morgan fingerprint density at radius 1 is 1.61 bits per heavy atom. The Labute approximate surface area is 105 Å². The Bertz CT molecular complexity index is 482. The maximum atomic E-state index is 13.4. The minimum absolute atomic E-state index is 0.0669. The van der Waals surface area contributed by atoms with Crippen LogP contribution in [-0.4, -0.2) is 29.1 Å². The third-order valence-electron chi connectivity index (χ3n) is 2.84. The summed E-state index contributed by atoms with van der Waals surface area (Å²) >= 11 is 0. The molecule has 0 saturated carbocycles. The lowest BCUT2D eigenvalue weighted by Gasteiger charge is -2.22. The first kappa shape index (κ1) is 14.1. The van der Waals surface area contributed by atoms with Crippen LogP contribution in [0.5, 0.6) is 0 Å². The van der Waals surface area contributed by atoms with Crippen LogP contribution in [0.1, 0.15) is 29.3 Å². The van der Waals surface area contributed by atoms with Crippen molar-refractivity contribution in [2.75, 3.05) is 7.05 Å². The van der Waals surface area contributed by atoms with Gasteiger partial charge in [0, 0.05) is 12.6 Å². The van der Waals surface area contributed by atoms with Crippen LogP contribution >= 0.6 is 0 Å². The third-order valence-corrected chi connectivity index (χ3v) is 2.84. The molecule has 1 N–H and O–H groups in total. The molecule has 0 aliphatic heterocycles. The van der Waals surface area contributed by atoms with Crippen LogP contribution in [-0.2, 0) is 6.54 Å². The Kier molecular flexibility index (Phi) is 4.81. The zero-order valence-corrected chi connectivity index (χ0v) is 10.4. The molecule has 1 aromatic rings. The van der Waals surface area contributed by atoms with E-state index in [2.05, 4.69) is 6.07 Å². The van der Waals surface area contributed by atoms with Gasteiger partial charge in [-0.25, -0.2) is 9.18 Å². The van der Waals surface area contributed by atoms with Gasteiger partial charge in [-0.15, -0.1) is 0 Å². The molecule has 0 radical (unpaired) electrons. The molecule has 0 aromatic heterocycles. The van der Waals surface area contributed by atoms with E-state index in [0.717, 1.165) is 0 Å². The summed E-state index contributed by atoms with van der Waals surface area (Å²) in [7, 11) is 1.84. The fourth-order valence-electron chi connectivity index (χ4n) is 1.56. The number of benzene rings is 1. The second kappa shape index (κ2) is 6.12. The largest absolute Gasteiger partial charge is 0.478 e. The molecule has 0 bridgehead atoms. The quantitative estimate of drug-likeness (QED) is 0.870. The highest BCUT2D eigenvalue weighted by Crippen LogP contribution is 2.13. The number of carbonyl (C=O) groups is 1. The van der Waals surface area contributed by atoms with Gasteiger partial charge in [-0.3, -0.25) is 4.90 Å². The number of halogens is 1. The normalized spacial score (nSPS) is 12.2. The first-order valence-electron chi connectivity index (χ1n) is 5.54. The summed E-state index contributed by atoms with van der Waals surface area (Å²) in [5.74, 6) is -2.01. The molecule has 4 nitrogen and oxygen atoms in total. The lowest BCUT2D eigenvalue weighted by molar-refractivity contribution is 0.0692. The monoisotopic (exact) mass is 250 g/mol. The summed E-state index contributed by atoms with van der Waals surface area (Å²) in [5, 5.41) is 17.3. The predicted molar refractivity (Wildman–Crippen MR) is 64.5 cm³/mol. The van der Waals surface area contributed by atoms with E-state index in [-0.39, 0.29) is 11.6 Å². The topological polar surface area (TPSA) is 64.3 Å². The zero-order valence-electron chi connectivity index (χ0n) is 10.4. The molecule has 96 valence electrons. The molecule has 18 heavy (non-hydrogen) atoms. The molecule has 1 aromatic carbocycles. The van der Waals surface area contributed by atoms with Crippen molar-refractivity contribution in [1.29, 1.82) is 5.26 Å². The summed E-state index contributed by atoms with van der Waals surface area (Å²) in [6.45, 7) is 2.38. The van der Waals surface area contributed by atoms with Crippen molar-refractivity contribution in [3.05, 3.63) is 35.1 Å². The highest BCUT2D eigenvalue weighted by Gasteiger charge is 2.13. The Morgan fingerprint density at radius 2 is 2.28 bits per heavy atom. The van der Waals surface area contributed by atoms with E-state index in [4.69, 9.17) is 10.4 Å². The second-order valence-corrected chi connectivity index (χ2v) is 4.25. The van der Waals surface area contributed by atoms with Crippen LogP contribution in [0.2, 0.25) is 0 Å². The summed E-state index contributed by atoms with van der Waals surface area (Å²) in [6.07, 6.45) is 0.395. The van der Waals surface area contributed by atoms with Gasteiger partial charge in [0.2, 0.25) is 0 Å². The van der Waals surface area contributed by atoms with Crippen LogP contribution in [0, 0.1) is 17.1 Å². The fraction of sp³-hybridized carbons (Fsp3) is 0.385. The van der Waals surface area contributed by atoms with Crippen molar-refractivity contribution in [1.82, 2.24) is 4.90 Å². The van der Waals surface area contributed by atoms with Gasteiger partial charge < -0.3 is 5.11 Å². The van der Waals surface area contributed by atoms with E-state index >= 15 is 0 Å². The first-order chi connectivity index (χ1) is 8.45. The van der Waals surface area contributed by atoms with E-state index < -0.39 is 11.8 Å². The maximum Gasteiger partial charge on any atom is 0.338 e. The number of nitriles is 1. The van der Waals surface area contributed by atoms with Crippen LogP contribution in [0.3, 0.4) is 0 Å². The van der Waals surface area contributed by atoms with Crippen LogP contribution in [0.4, 0.5) is 4.39 Å². The third kappa shape index (κ3) is 3.54. The minimum Gasteiger partial charge on any atom is -0.478 e.